The Labute approximate surface area is 77.1 Å². The fourth-order valence-corrected chi connectivity index (χ4v) is 2.59. The summed E-state index contributed by atoms with van der Waals surface area (Å²) in [6.07, 6.45) is 1.88. The van der Waals surface area contributed by atoms with Gasteiger partial charge in [-0.15, -0.1) is 0 Å². The van der Waals surface area contributed by atoms with Gasteiger partial charge in [-0.2, -0.15) is 0 Å². The maximum Gasteiger partial charge on any atom is 0.168 e. The van der Waals surface area contributed by atoms with Crippen molar-refractivity contribution in [1.29, 1.82) is 0 Å². The minimum Gasteiger partial charge on any atom is -0.512 e. The number of hydrogen-bond acceptors (Lipinski definition) is 3. The second kappa shape index (κ2) is 2.84. The van der Waals surface area contributed by atoms with E-state index in [4.69, 9.17) is 0 Å². The first-order valence-electron chi connectivity index (χ1n) is 4.73. The number of carbonyl (C=O) groups excluding carboxylic acids is 1. The highest BCUT2D eigenvalue weighted by molar-refractivity contribution is 6.00. The molecule has 2 N–H and O–H groups in total. The Hall–Kier alpha value is -0.830. The van der Waals surface area contributed by atoms with Gasteiger partial charge < -0.3 is 10.2 Å². The van der Waals surface area contributed by atoms with Crippen molar-refractivity contribution in [3.8, 4) is 0 Å². The zero-order valence-corrected chi connectivity index (χ0v) is 7.66. The molecule has 3 aliphatic carbocycles. The number of aliphatic hydroxyl groups excluding tert-OH is 2. The Morgan fingerprint density at radius 1 is 1.46 bits per heavy atom. The Morgan fingerprint density at radius 3 is 2.62 bits per heavy atom. The SMILES string of the molecule is C/C(O)=C1\C(=O)[C@@H]2CC[C@H]1C[C@@H]2O. The van der Waals surface area contributed by atoms with Gasteiger partial charge in [-0.1, -0.05) is 0 Å². The van der Waals surface area contributed by atoms with E-state index in [9.17, 15) is 15.0 Å². The lowest BCUT2D eigenvalue weighted by atomic mass is 9.65. The maximum absolute atomic E-state index is 11.7. The van der Waals surface area contributed by atoms with Crippen LogP contribution in [0.2, 0.25) is 0 Å². The summed E-state index contributed by atoms with van der Waals surface area (Å²) in [5.74, 6) is -0.0406. The van der Waals surface area contributed by atoms with Crippen molar-refractivity contribution in [2.45, 2.75) is 32.3 Å². The Balaban J connectivity index is 2.37. The van der Waals surface area contributed by atoms with Crippen LogP contribution < -0.4 is 0 Å². The number of rotatable bonds is 0. The first kappa shape index (κ1) is 8.75. The van der Waals surface area contributed by atoms with Crippen LogP contribution in [0.4, 0.5) is 0 Å². The van der Waals surface area contributed by atoms with Gasteiger partial charge in [0.15, 0.2) is 5.78 Å². The minimum absolute atomic E-state index is 0.0324. The zero-order valence-electron chi connectivity index (χ0n) is 7.66. The summed E-state index contributed by atoms with van der Waals surface area (Å²) in [5.41, 5.74) is 0.571. The molecule has 0 aromatic carbocycles. The van der Waals surface area contributed by atoms with Crippen LogP contribution in [0.15, 0.2) is 11.3 Å². The molecule has 0 spiro atoms. The third kappa shape index (κ3) is 1.18. The summed E-state index contributed by atoms with van der Waals surface area (Å²) in [5, 5.41) is 18.9. The fourth-order valence-electron chi connectivity index (χ4n) is 2.59. The van der Waals surface area contributed by atoms with Gasteiger partial charge in [0, 0.05) is 11.5 Å². The van der Waals surface area contributed by atoms with E-state index in [1.165, 1.54) is 0 Å². The van der Waals surface area contributed by atoms with E-state index >= 15 is 0 Å². The average molecular weight is 182 g/mol. The Bertz CT molecular complexity index is 276. The summed E-state index contributed by atoms with van der Waals surface area (Å²) in [7, 11) is 0. The van der Waals surface area contributed by atoms with Crippen LogP contribution in [0.5, 0.6) is 0 Å². The molecule has 0 aromatic rings. The molecular weight excluding hydrogens is 168 g/mol. The van der Waals surface area contributed by atoms with Gasteiger partial charge in [0.2, 0.25) is 0 Å². The number of ketones is 1. The number of carbonyl (C=O) groups is 1. The predicted octanol–water partition coefficient (Wildman–Crippen LogP) is 1.18. The maximum atomic E-state index is 11.7. The minimum atomic E-state index is -0.477. The predicted molar refractivity (Wildman–Crippen MR) is 47.2 cm³/mol. The average Bonchev–Trinajstić information content (AvgIpc) is 2.03. The lowest BCUT2D eigenvalue weighted by Gasteiger charge is -2.40. The number of allylic oxidation sites excluding steroid dienone is 2. The number of Topliss-reactive ketones (excluding diaryl/α,β-unsaturated/α-hetero) is 1. The molecule has 0 aromatic heterocycles. The van der Waals surface area contributed by atoms with E-state index < -0.39 is 6.10 Å². The summed E-state index contributed by atoms with van der Waals surface area (Å²) < 4.78 is 0. The van der Waals surface area contributed by atoms with Crippen LogP contribution in [0.25, 0.3) is 0 Å². The molecule has 3 saturated carbocycles. The normalized spacial score (nSPS) is 42.3. The van der Waals surface area contributed by atoms with Crippen molar-refractivity contribution in [3.05, 3.63) is 11.3 Å². The molecule has 0 unspecified atom stereocenters. The van der Waals surface area contributed by atoms with Crippen LogP contribution in [-0.4, -0.2) is 22.1 Å². The standard InChI is InChI=1S/C10H14O3/c1-5(11)9-6-2-3-7(10(9)13)8(12)4-6/h6-8,11-12H,2-4H2,1H3/b9-5+/t6-,7+,8-/m0/s1. The van der Waals surface area contributed by atoms with Gasteiger partial charge in [-0.3, -0.25) is 4.79 Å². The van der Waals surface area contributed by atoms with Gasteiger partial charge in [-0.25, -0.2) is 0 Å². The number of hydrogen-bond donors (Lipinski definition) is 2. The highest BCUT2D eigenvalue weighted by Gasteiger charge is 2.44. The molecular formula is C10H14O3. The molecule has 0 amide bonds. The van der Waals surface area contributed by atoms with Crippen molar-refractivity contribution in [2.75, 3.05) is 0 Å². The van der Waals surface area contributed by atoms with Gasteiger partial charge in [-0.05, 0) is 32.1 Å². The molecule has 13 heavy (non-hydrogen) atoms. The Kier molecular flexibility index (Phi) is 1.91. The molecule has 2 bridgehead atoms. The third-order valence-electron chi connectivity index (χ3n) is 3.22. The van der Waals surface area contributed by atoms with Gasteiger partial charge in [0.1, 0.15) is 0 Å². The van der Waals surface area contributed by atoms with Crippen LogP contribution in [0, 0.1) is 11.8 Å². The van der Waals surface area contributed by atoms with Crippen LogP contribution in [0.3, 0.4) is 0 Å². The van der Waals surface area contributed by atoms with Crippen molar-refractivity contribution in [1.82, 2.24) is 0 Å². The number of fused-ring (bicyclic) bond motifs is 3. The molecule has 3 nitrogen and oxygen atoms in total. The first-order chi connectivity index (χ1) is 6.11. The largest absolute Gasteiger partial charge is 0.512 e. The first-order valence-corrected chi connectivity index (χ1v) is 4.73. The van der Waals surface area contributed by atoms with E-state index in [0.717, 1.165) is 12.8 Å². The van der Waals surface area contributed by atoms with Crippen molar-refractivity contribution in [3.63, 3.8) is 0 Å². The van der Waals surface area contributed by atoms with E-state index in [2.05, 4.69) is 0 Å². The van der Waals surface area contributed by atoms with Gasteiger partial charge >= 0.3 is 0 Å². The topological polar surface area (TPSA) is 57.5 Å². The summed E-state index contributed by atoms with van der Waals surface area (Å²) in [4.78, 5) is 11.7. The second-order valence-corrected chi connectivity index (χ2v) is 4.05. The smallest absolute Gasteiger partial charge is 0.168 e. The van der Waals surface area contributed by atoms with Crippen LogP contribution in [0.1, 0.15) is 26.2 Å². The van der Waals surface area contributed by atoms with Crippen LogP contribution >= 0.6 is 0 Å². The summed E-state index contributed by atoms with van der Waals surface area (Å²) >= 11 is 0. The molecule has 72 valence electrons. The molecule has 3 atom stereocenters. The molecule has 3 rings (SSSR count). The lowest BCUT2D eigenvalue weighted by molar-refractivity contribution is -0.129. The summed E-state index contributed by atoms with van der Waals surface area (Å²) in [6, 6.07) is 0. The van der Waals surface area contributed by atoms with E-state index in [1.807, 2.05) is 0 Å². The molecule has 0 radical (unpaired) electrons. The van der Waals surface area contributed by atoms with Gasteiger partial charge in [0.25, 0.3) is 0 Å². The van der Waals surface area contributed by atoms with E-state index in [-0.39, 0.29) is 23.4 Å². The lowest BCUT2D eigenvalue weighted by Crippen LogP contribution is -2.44. The molecule has 0 aliphatic heterocycles. The molecule has 0 saturated heterocycles. The highest BCUT2D eigenvalue weighted by Crippen LogP contribution is 2.43. The van der Waals surface area contributed by atoms with Gasteiger partial charge in [0.05, 0.1) is 11.9 Å². The second-order valence-electron chi connectivity index (χ2n) is 4.05. The monoisotopic (exact) mass is 182 g/mol. The Morgan fingerprint density at radius 2 is 2.15 bits per heavy atom. The molecule has 0 heterocycles. The third-order valence-corrected chi connectivity index (χ3v) is 3.22. The van der Waals surface area contributed by atoms with E-state index in [1.54, 1.807) is 6.92 Å². The molecule has 3 fully saturated rings. The summed E-state index contributed by atoms with van der Waals surface area (Å²) in [6.45, 7) is 1.56. The zero-order chi connectivity index (χ0) is 9.59. The fraction of sp³-hybridized carbons (Fsp3) is 0.700. The van der Waals surface area contributed by atoms with Crippen molar-refractivity contribution < 1.29 is 15.0 Å². The quantitative estimate of drug-likeness (QED) is 0.437. The molecule has 3 aliphatic rings. The highest BCUT2D eigenvalue weighted by atomic mass is 16.3. The van der Waals surface area contributed by atoms with Crippen LogP contribution in [-0.2, 0) is 4.79 Å². The number of aliphatic hydroxyl groups is 2. The van der Waals surface area contributed by atoms with Crippen molar-refractivity contribution >= 4 is 5.78 Å². The van der Waals surface area contributed by atoms with Crippen molar-refractivity contribution in [2.24, 2.45) is 11.8 Å². The molecule has 3 heteroatoms. The van der Waals surface area contributed by atoms with E-state index in [0.29, 0.717) is 12.0 Å².